The molecule has 19 heavy (non-hydrogen) atoms. The maximum atomic E-state index is 12.0. The molecule has 1 unspecified atom stereocenters. The molecule has 3 heterocycles. The van der Waals surface area contributed by atoms with Crippen molar-refractivity contribution in [1.82, 2.24) is 15.2 Å². The van der Waals surface area contributed by atoms with Crippen LogP contribution in [0.5, 0.6) is 0 Å². The number of rotatable bonds is 2. The second-order valence-corrected chi connectivity index (χ2v) is 5.51. The van der Waals surface area contributed by atoms with E-state index in [0.717, 1.165) is 38.2 Å². The molecule has 5 nitrogen and oxygen atoms in total. The monoisotopic (exact) mass is 261 g/mol. The molecule has 1 spiro atoms. The first-order chi connectivity index (χ1) is 9.27. The lowest BCUT2D eigenvalue weighted by atomic mass is 9.87. The largest absolute Gasteiger partial charge is 0.444 e. The third kappa shape index (κ3) is 2.71. The van der Waals surface area contributed by atoms with Crippen LogP contribution < -0.4 is 5.32 Å². The molecule has 102 valence electrons. The van der Waals surface area contributed by atoms with Crippen LogP contribution in [0, 0.1) is 5.41 Å². The first-order valence-corrected chi connectivity index (χ1v) is 6.79. The fourth-order valence-corrected chi connectivity index (χ4v) is 2.95. The van der Waals surface area contributed by atoms with Gasteiger partial charge in [-0.05, 0) is 25.5 Å². The Morgan fingerprint density at radius 1 is 1.53 bits per heavy atom. The Balaban J connectivity index is 1.51. The van der Waals surface area contributed by atoms with Gasteiger partial charge in [0.1, 0.15) is 6.61 Å². The van der Waals surface area contributed by atoms with Gasteiger partial charge < -0.3 is 15.0 Å². The average Bonchev–Trinajstić information content (AvgIpc) is 3.08. The van der Waals surface area contributed by atoms with Crippen molar-refractivity contribution < 1.29 is 9.53 Å². The molecular weight excluding hydrogens is 242 g/mol. The van der Waals surface area contributed by atoms with E-state index in [1.807, 2.05) is 17.0 Å². The quantitative estimate of drug-likeness (QED) is 0.874. The molecule has 1 atom stereocenters. The summed E-state index contributed by atoms with van der Waals surface area (Å²) in [6.07, 6.45) is 5.48. The summed E-state index contributed by atoms with van der Waals surface area (Å²) >= 11 is 0. The van der Waals surface area contributed by atoms with Crippen molar-refractivity contribution in [3.05, 3.63) is 30.1 Å². The highest BCUT2D eigenvalue weighted by molar-refractivity contribution is 5.68. The number of nitrogens with zero attached hydrogens (tertiary/aromatic N) is 2. The van der Waals surface area contributed by atoms with Crippen molar-refractivity contribution >= 4 is 6.09 Å². The van der Waals surface area contributed by atoms with E-state index < -0.39 is 0 Å². The Labute approximate surface area is 113 Å². The SMILES string of the molecule is O=C(OCc1cccnc1)N1CCC2(CCNC2)C1. The molecule has 1 aromatic rings. The summed E-state index contributed by atoms with van der Waals surface area (Å²) in [5.41, 5.74) is 1.22. The van der Waals surface area contributed by atoms with Crippen molar-refractivity contribution in [3.8, 4) is 0 Å². The van der Waals surface area contributed by atoms with Gasteiger partial charge in [-0.2, -0.15) is 0 Å². The molecule has 0 aliphatic carbocycles. The summed E-state index contributed by atoms with van der Waals surface area (Å²) < 4.78 is 5.34. The van der Waals surface area contributed by atoms with Crippen LogP contribution in [0.1, 0.15) is 18.4 Å². The molecular formula is C14H19N3O2. The Kier molecular flexibility index (Phi) is 3.38. The molecule has 2 aliphatic rings. The van der Waals surface area contributed by atoms with Crippen molar-refractivity contribution in [1.29, 1.82) is 0 Å². The normalized spacial score (nSPS) is 26.0. The van der Waals surface area contributed by atoms with Gasteiger partial charge in [0, 0.05) is 43.0 Å². The first-order valence-electron chi connectivity index (χ1n) is 6.79. The van der Waals surface area contributed by atoms with E-state index >= 15 is 0 Å². The van der Waals surface area contributed by atoms with Gasteiger partial charge in [-0.1, -0.05) is 6.07 Å². The Morgan fingerprint density at radius 3 is 3.21 bits per heavy atom. The third-order valence-electron chi connectivity index (χ3n) is 4.11. The maximum absolute atomic E-state index is 12.0. The topological polar surface area (TPSA) is 54.5 Å². The average molecular weight is 261 g/mol. The minimum atomic E-state index is -0.201. The van der Waals surface area contributed by atoms with Gasteiger partial charge in [0.15, 0.2) is 0 Å². The molecule has 2 fully saturated rings. The number of ether oxygens (including phenoxy) is 1. The summed E-state index contributed by atoms with van der Waals surface area (Å²) in [5, 5.41) is 3.39. The number of pyridine rings is 1. The van der Waals surface area contributed by atoms with Crippen LogP contribution in [0.4, 0.5) is 4.79 Å². The highest BCUT2D eigenvalue weighted by Crippen LogP contribution is 2.36. The van der Waals surface area contributed by atoms with Crippen LogP contribution in [0.2, 0.25) is 0 Å². The summed E-state index contributed by atoms with van der Waals surface area (Å²) in [6.45, 7) is 4.03. The Bertz CT molecular complexity index is 443. The first kappa shape index (κ1) is 12.4. The fourth-order valence-electron chi connectivity index (χ4n) is 2.95. The maximum Gasteiger partial charge on any atom is 0.410 e. The molecule has 0 saturated carbocycles. The van der Waals surface area contributed by atoms with Crippen LogP contribution >= 0.6 is 0 Å². The second kappa shape index (κ2) is 5.17. The van der Waals surface area contributed by atoms with Gasteiger partial charge in [-0.15, -0.1) is 0 Å². The van der Waals surface area contributed by atoms with Crippen molar-refractivity contribution in [3.63, 3.8) is 0 Å². The van der Waals surface area contributed by atoms with Crippen molar-refractivity contribution in [2.24, 2.45) is 5.41 Å². The third-order valence-corrected chi connectivity index (χ3v) is 4.11. The molecule has 5 heteroatoms. The molecule has 1 N–H and O–H groups in total. The lowest BCUT2D eigenvalue weighted by Crippen LogP contribution is -2.33. The van der Waals surface area contributed by atoms with Gasteiger partial charge in [0.2, 0.25) is 0 Å². The van der Waals surface area contributed by atoms with Crippen molar-refractivity contribution in [2.45, 2.75) is 19.4 Å². The predicted molar refractivity (Wildman–Crippen MR) is 70.5 cm³/mol. The number of amides is 1. The Morgan fingerprint density at radius 2 is 2.47 bits per heavy atom. The summed E-state index contributed by atoms with van der Waals surface area (Å²) in [4.78, 5) is 17.9. The summed E-state index contributed by atoms with van der Waals surface area (Å²) in [5.74, 6) is 0. The number of carbonyl (C=O) groups is 1. The van der Waals surface area contributed by atoms with Gasteiger partial charge in [0.25, 0.3) is 0 Å². The van der Waals surface area contributed by atoms with Gasteiger partial charge in [0.05, 0.1) is 0 Å². The number of nitrogens with one attached hydrogen (secondary N) is 1. The van der Waals surface area contributed by atoms with E-state index in [9.17, 15) is 4.79 Å². The van der Waals surface area contributed by atoms with Crippen LogP contribution in [0.25, 0.3) is 0 Å². The number of aromatic nitrogens is 1. The van der Waals surface area contributed by atoms with Crippen LogP contribution in [0.15, 0.2) is 24.5 Å². The number of hydrogen-bond donors (Lipinski definition) is 1. The zero-order valence-corrected chi connectivity index (χ0v) is 11.0. The fraction of sp³-hybridized carbons (Fsp3) is 0.571. The lowest BCUT2D eigenvalue weighted by Gasteiger charge is -2.22. The number of likely N-dealkylation sites (tertiary alicyclic amines) is 1. The minimum absolute atomic E-state index is 0.201. The highest BCUT2D eigenvalue weighted by Gasteiger charge is 2.42. The molecule has 1 amide bonds. The molecule has 3 rings (SSSR count). The van der Waals surface area contributed by atoms with E-state index in [1.165, 1.54) is 6.42 Å². The molecule has 0 bridgehead atoms. The standard InChI is InChI=1S/C14H19N3O2/c18-13(19-9-12-2-1-5-15-8-12)17-7-4-14(11-17)3-6-16-10-14/h1-2,5,8,16H,3-4,6-7,9-11H2. The molecule has 0 aromatic carbocycles. The predicted octanol–water partition coefficient (Wildman–Crippen LogP) is 1.40. The van der Waals surface area contributed by atoms with E-state index in [1.54, 1.807) is 12.4 Å². The minimum Gasteiger partial charge on any atom is -0.444 e. The molecule has 2 aliphatic heterocycles. The number of hydrogen-bond acceptors (Lipinski definition) is 4. The molecule has 2 saturated heterocycles. The lowest BCUT2D eigenvalue weighted by molar-refractivity contribution is 0.100. The van der Waals surface area contributed by atoms with E-state index in [0.29, 0.717) is 12.0 Å². The van der Waals surface area contributed by atoms with Crippen LogP contribution in [-0.4, -0.2) is 42.2 Å². The Hall–Kier alpha value is -1.62. The molecule has 0 radical (unpaired) electrons. The van der Waals surface area contributed by atoms with Crippen LogP contribution in [0.3, 0.4) is 0 Å². The van der Waals surface area contributed by atoms with Gasteiger partial charge in [-0.3, -0.25) is 4.98 Å². The molecule has 1 aromatic heterocycles. The van der Waals surface area contributed by atoms with E-state index in [2.05, 4.69) is 10.3 Å². The van der Waals surface area contributed by atoms with Crippen LogP contribution in [-0.2, 0) is 11.3 Å². The highest BCUT2D eigenvalue weighted by atomic mass is 16.6. The summed E-state index contributed by atoms with van der Waals surface area (Å²) in [6, 6.07) is 3.75. The van der Waals surface area contributed by atoms with E-state index in [-0.39, 0.29) is 6.09 Å². The zero-order valence-electron chi connectivity index (χ0n) is 11.0. The zero-order chi connectivity index (χ0) is 13.1. The second-order valence-electron chi connectivity index (χ2n) is 5.51. The van der Waals surface area contributed by atoms with Gasteiger partial charge >= 0.3 is 6.09 Å². The van der Waals surface area contributed by atoms with Gasteiger partial charge in [-0.25, -0.2) is 4.79 Å². The number of carbonyl (C=O) groups excluding carboxylic acids is 1. The van der Waals surface area contributed by atoms with E-state index in [4.69, 9.17) is 4.74 Å². The van der Waals surface area contributed by atoms with Crippen molar-refractivity contribution in [2.75, 3.05) is 26.2 Å². The summed E-state index contributed by atoms with van der Waals surface area (Å²) in [7, 11) is 0. The smallest absolute Gasteiger partial charge is 0.410 e.